The van der Waals surface area contributed by atoms with E-state index in [-0.39, 0.29) is 5.91 Å². The molecule has 0 aliphatic rings. The van der Waals surface area contributed by atoms with Crippen LogP contribution in [0.5, 0.6) is 0 Å². The first kappa shape index (κ1) is 14.2. The van der Waals surface area contributed by atoms with Crippen molar-refractivity contribution in [3.63, 3.8) is 0 Å². The molecule has 0 aliphatic heterocycles. The minimum atomic E-state index is -0.502. The van der Waals surface area contributed by atoms with E-state index in [9.17, 15) is 9.59 Å². The van der Waals surface area contributed by atoms with Gasteiger partial charge in [-0.1, -0.05) is 0 Å². The molecule has 18 heavy (non-hydrogen) atoms. The Hall–Kier alpha value is -1.89. The Morgan fingerprint density at radius 3 is 2.78 bits per heavy atom. The average molecular weight is 253 g/mol. The van der Waals surface area contributed by atoms with Crippen molar-refractivity contribution in [2.75, 3.05) is 13.6 Å². The zero-order valence-electron chi connectivity index (χ0n) is 10.9. The molecule has 3 N–H and O–H groups in total. The normalized spacial score (nSPS) is 11.9. The average Bonchev–Trinajstić information content (AvgIpc) is 2.74. The third-order valence-corrected chi connectivity index (χ3v) is 2.46. The van der Waals surface area contributed by atoms with Gasteiger partial charge in [0.15, 0.2) is 0 Å². The van der Waals surface area contributed by atoms with E-state index in [1.807, 2.05) is 19.3 Å². The van der Waals surface area contributed by atoms with Crippen LogP contribution in [0, 0.1) is 0 Å². The van der Waals surface area contributed by atoms with E-state index >= 15 is 0 Å². The molecule has 0 aromatic carbocycles. The topological polar surface area (TPSA) is 88.0 Å². The molecular weight excluding hydrogens is 234 g/mol. The van der Waals surface area contributed by atoms with Crippen molar-refractivity contribution >= 4 is 11.9 Å². The summed E-state index contributed by atoms with van der Waals surface area (Å²) in [6, 6.07) is 1.00. The van der Waals surface area contributed by atoms with Crippen molar-refractivity contribution in [1.29, 1.82) is 0 Å². The van der Waals surface area contributed by atoms with Gasteiger partial charge in [0, 0.05) is 33.3 Å². The first-order chi connectivity index (χ1) is 8.52. The van der Waals surface area contributed by atoms with Crippen LogP contribution in [0.15, 0.2) is 12.3 Å². The molecule has 1 unspecified atom stereocenters. The summed E-state index contributed by atoms with van der Waals surface area (Å²) in [5.41, 5.74) is 0.962. The Labute approximate surface area is 106 Å². The summed E-state index contributed by atoms with van der Waals surface area (Å²) < 4.78 is 1.73. The van der Waals surface area contributed by atoms with Crippen LogP contribution in [0.2, 0.25) is 0 Å². The lowest BCUT2D eigenvalue weighted by atomic mass is 10.2. The van der Waals surface area contributed by atoms with E-state index < -0.39 is 12.1 Å². The van der Waals surface area contributed by atoms with Gasteiger partial charge in [0.2, 0.25) is 5.91 Å². The lowest BCUT2D eigenvalue weighted by Crippen LogP contribution is -2.47. The Morgan fingerprint density at radius 1 is 1.50 bits per heavy atom. The van der Waals surface area contributed by atoms with Crippen LogP contribution in [0.4, 0.5) is 4.79 Å². The lowest BCUT2D eigenvalue weighted by molar-refractivity contribution is -0.121. The van der Waals surface area contributed by atoms with Crippen LogP contribution in [0.1, 0.15) is 12.6 Å². The summed E-state index contributed by atoms with van der Waals surface area (Å²) >= 11 is 0. The first-order valence-corrected chi connectivity index (χ1v) is 5.77. The molecule has 1 aromatic rings. The van der Waals surface area contributed by atoms with E-state index in [1.54, 1.807) is 11.6 Å². The van der Waals surface area contributed by atoms with Crippen LogP contribution in [-0.4, -0.2) is 41.4 Å². The van der Waals surface area contributed by atoms with Crippen molar-refractivity contribution in [1.82, 2.24) is 25.7 Å². The standard InChI is InChI=1S/C11H19N5O2/c1-8(10(17)14-11(18)12-2)13-6-4-9-5-7-16(3)15-9/h5,7-8,13H,4,6H2,1-3H3,(H2,12,14,17,18). The number of carbonyl (C=O) groups is 2. The summed E-state index contributed by atoms with van der Waals surface area (Å²) in [5, 5.41) is 11.8. The fourth-order valence-corrected chi connectivity index (χ4v) is 1.39. The highest BCUT2D eigenvalue weighted by atomic mass is 16.2. The number of amides is 3. The van der Waals surface area contributed by atoms with E-state index in [1.165, 1.54) is 7.05 Å². The molecule has 100 valence electrons. The summed E-state index contributed by atoms with van der Waals surface area (Å²) in [6.45, 7) is 2.33. The van der Waals surface area contributed by atoms with Crippen LogP contribution in [-0.2, 0) is 18.3 Å². The van der Waals surface area contributed by atoms with Crippen molar-refractivity contribution < 1.29 is 9.59 Å². The van der Waals surface area contributed by atoms with Gasteiger partial charge in [-0.3, -0.25) is 14.8 Å². The van der Waals surface area contributed by atoms with Crippen LogP contribution < -0.4 is 16.0 Å². The zero-order chi connectivity index (χ0) is 13.5. The van der Waals surface area contributed by atoms with Crippen molar-refractivity contribution in [2.45, 2.75) is 19.4 Å². The quantitative estimate of drug-likeness (QED) is 0.653. The minimum absolute atomic E-state index is 0.352. The molecule has 7 heteroatoms. The number of hydrogen-bond donors (Lipinski definition) is 3. The molecule has 3 amide bonds. The maximum Gasteiger partial charge on any atom is 0.321 e. The summed E-state index contributed by atoms with van der Waals surface area (Å²) in [6.07, 6.45) is 2.61. The van der Waals surface area contributed by atoms with E-state index in [0.717, 1.165) is 12.1 Å². The number of nitrogens with zero attached hydrogens (tertiary/aromatic N) is 2. The van der Waals surface area contributed by atoms with Crippen LogP contribution in [0.3, 0.4) is 0 Å². The number of rotatable bonds is 5. The smallest absolute Gasteiger partial charge is 0.321 e. The molecule has 1 atom stereocenters. The van der Waals surface area contributed by atoms with Gasteiger partial charge in [-0.2, -0.15) is 5.10 Å². The SMILES string of the molecule is CNC(=O)NC(=O)C(C)NCCc1ccn(C)n1. The lowest BCUT2D eigenvalue weighted by Gasteiger charge is -2.12. The second kappa shape index (κ2) is 6.75. The maximum absolute atomic E-state index is 11.5. The third-order valence-electron chi connectivity index (χ3n) is 2.46. The van der Waals surface area contributed by atoms with Crippen molar-refractivity contribution in [3.05, 3.63) is 18.0 Å². The predicted octanol–water partition coefficient (Wildman–Crippen LogP) is -0.604. The third kappa shape index (κ3) is 4.54. The van der Waals surface area contributed by atoms with Gasteiger partial charge >= 0.3 is 6.03 Å². The van der Waals surface area contributed by atoms with Crippen molar-refractivity contribution in [3.8, 4) is 0 Å². The molecule has 0 saturated carbocycles. The number of nitrogens with one attached hydrogen (secondary N) is 3. The highest BCUT2D eigenvalue weighted by molar-refractivity contribution is 5.96. The molecule has 0 fully saturated rings. The fraction of sp³-hybridized carbons (Fsp3) is 0.545. The number of aromatic nitrogens is 2. The number of hydrogen-bond acceptors (Lipinski definition) is 4. The molecule has 0 bridgehead atoms. The maximum atomic E-state index is 11.5. The Kier molecular flexibility index (Phi) is 5.31. The second-order valence-corrected chi connectivity index (χ2v) is 3.97. The van der Waals surface area contributed by atoms with Crippen molar-refractivity contribution in [2.24, 2.45) is 7.05 Å². The van der Waals surface area contributed by atoms with Crippen LogP contribution in [0.25, 0.3) is 0 Å². The Morgan fingerprint density at radius 2 is 2.22 bits per heavy atom. The number of aryl methyl sites for hydroxylation is 1. The van der Waals surface area contributed by atoms with Gasteiger partial charge in [-0.05, 0) is 13.0 Å². The molecule has 0 saturated heterocycles. The van der Waals surface area contributed by atoms with E-state index in [0.29, 0.717) is 6.54 Å². The largest absolute Gasteiger partial charge is 0.341 e. The zero-order valence-corrected chi connectivity index (χ0v) is 10.9. The Balaban J connectivity index is 2.26. The van der Waals surface area contributed by atoms with Gasteiger partial charge in [0.25, 0.3) is 0 Å². The van der Waals surface area contributed by atoms with E-state index in [2.05, 4.69) is 21.0 Å². The first-order valence-electron chi connectivity index (χ1n) is 5.77. The monoisotopic (exact) mass is 253 g/mol. The molecule has 0 aliphatic carbocycles. The highest BCUT2D eigenvalue weighted by Crippen LogP contribution is 1.94. The van der Waals surface area contributed by atoms with Gasteiger partial charge in [0.05, 0.1) is 11.7 Å². The number of carbonyl (C=O) groups excluding carboxylic acids is 2. The molecule has 1 rings (SSSR count). The number of imide groups is 1. The highest BCUT2D eigenvalue weighted by Gasteiger charge is 2.14. The summed E-state index contributed by atoms with van der Waals surface area (Å²) in [5.74, 6) is -0.352. The van der Waals surface area contributed by atoms with E-state index in [4.69, 9.17) is 0 Å². The molecule has 7 nitrogen and oxygen atoms in total. The minimum Gasteiger partial charge on any atom is -0.341 e. The molecule has 1 aromatic heterocycles. The summed E-state index contributed by atoms with van der Waals surface area (Å²) in [4.78, 5) is 22.4. The fourth-order valence-electron chi connectivity index (χ4n) is 1.39. The van der Waals surface area contributed by atoms with Gasteiger partial charge in [0.1, 0.15) is 0 Å². The molecular formula is C11H19N5O2. The predicted molar refractivity (Wildman–Crippen MR) is 67.0 cm³/mol. The molecule has 1 heterocycles. The Bertz CT molecular complexity index is 415. The second-order valence-electron chi connectivity index (χ2n) is 3.97. The molecule has 0 spiro atoms. The van der Waals surface area contributed by atoms with Gasteiger partial charge < -0.3 is 10.6 Å². The van der Waals surface area contributed by atoms with Crippen LogP contribution >= 0.6 is 0 Å². The van der Waals surface area contributed by atoms with Gasteiger partial charge in [-0.15, -0.1) is 0 Å². The molecule has 0 radical (unpaired) electrons. The summed E-state index contributed by atoms with van der Waals surface area (Å²) in [7, 11) is 3.32. The van der Waals surface area contributed by atoms with Gasteiger partial charge in [-0.25, -0.2) is 4.79 Å². The number of urea groups is 1.